The second kappa shape index (κ2) is 7.28. The number of piperazine rings is 1. The number of benzene rings is 1. The summed E-state index contributed by atoms with van der Waals surface area (Å²) in [7, 11) is 2.05. The second-order valence-corrected chi connectivity index (χ2v) is 7.12. The summed E-state index contributed by atoms with van der Waals surface area (Å²) < 4.78 is 13.2. The zero-order valence-corrected chi connectivity index (χ0v) is 14.7. The molecule has 0 radical (unpaired) electrons. The van der Waals surface area contributed by atoms with Gasteiger partial charge in [0.2, 0.25) is 5.91 Å². The lowest BCUT2D eigenvalue weighted by Gasteiger charge is -2.40. The van der Waals surface area contributed by atoms with Crippen LogP contribution < -0.4 is 0 Å². The molecular formula is C19H21FN2OS. The van der Waals surface area contributed by atoms with Gasteiger partial charge in [-0.2, -0.15) is 0 Å². The Balaban J connectivity index is 1.75. The summed E-state index contributed by atoms with van der Waals surface area (Å²) in [4.78, 5) is 17.9. The number of likely N-dealkylation sites (N-methyl/N-ethyl adjacent to an activating group) is 1. The molecule has 0 spiro atoms. The maximum atomic E-state index is 13.2. The van der Waals surface area contributed by atoms with Gasteiger partial charge in [-0.25, -0.2) is 4.39 Å². The molecule has 1 aromatic heterocycles. The standard InChI is InChI=1S/C19H21FN2OS/c1-14(12-17-4-3-11-24-17)19(23)22-10-9-21(2)18(13-22)15-5-7-16(20)8-6-15/h3-8,11-12,18H,9-10,13H2,1-2H3/b14-12+. The number of carbonyl (C=O) groups excluding carboxylic acids is 1. The summed E-state index contributed by atoms with van der Waals surface area (Å²) in [5.41, 5.74) is 1.79. The van der Waals surface area contributed by atoms with Gasteiger partial charge in [-0.15, -0.1) is 11.3 Å². The van der Waals surface area contributed by atoms with Crippen molar-refractivity contribution >= 4 is 23.3 Å². The molecule has 3 nitrogen and oxygen atoms in total. The zero-order valence-electron chi connectivity index (χ0n) is 13.9. The maximum Gasteiger partial charge on any atom is 0.249 e. The molecule has 2 heterocycles. The van der Waals surface area contributed by atoms with Gasteiger partial charge in [0, 0.05) is 30.1 Å². The lowest BCUT2D eigenvalue weighted by molar-refractivity contribution is -0.129. The smallest absolute Gasteiger partial charge is 0.249 e. The molecule has 126 valence electrons. The maximum absolute atomic E-state index is 13.2. The van der Waals surface area contributed by atoms with E-state index in [1.165, 1.54) is 12.1 Å². The Kier molecular flexibility index (Phi) is 5.11. The van der Waals surface area contributed by atoms with Crippen LogP contribution in [0.25, 0.3) is 6.08 Å². The molecule has 1 atom stereocenters. The molecule has 3 rings (SSSR count). The lowest BCUT2D eigenvalue weighted by Crippen LogP contribution is -2.49. The zero-order chi connectivity index (χ0) is 17.1. The van der Waals surface area contributed by atoms with Crippen molar-refractivity contribution in [3.8, 4) is 0 Å². The summed E-state index contributed by atoms with van der Waals surface area (Å²) in [6, 6.07) is 10.6. The molecule has 1 fully saturated rings. The third-order valence-electron chi connectivity index (χ3n) is 4.43. The normalized spacial score (nSPS) is 19.5. The highest BCUT2D eigenvalue weighted by Gasteiger charge is 2.28. The first-order valence-electron chi connectivity index (χ1n) is 8.01. The highest BCUT2D eigenvalue weighted by atomic mass is 32.1. The van der Waals surface area contributed by atoms with E-state index in [0.717, 1.165) is 22.6 Å². The van der Waals surface area contributed by atoms with Crippen LogP contribution in [0.3, 0.4) is 0 Å². The van der Waals surface area contributed by atoms with Crippen molar-refractivity contribution in [2.24, 2.45) is 0 Å². The minimum atomic E-state index is -0.236. The number of amides is 1. The van der Waals surface area contributed by atoms with Gasteiger partial charge in [-0.3, -0.25) is 9.69 Å². The molecule has 5 heteroatoms. The fraction of sp³-hybridized carbons (Fsp3) is 0.316. The fourth-order valence-corrected chi connectivity index (χ4v) is 3.72. The number of nitrogens with zero attached hydrogens (tertiary/aromatic N) is 2. The first-order chi connectivity index (χ1) is 11.5. The van der Waals surface area contributed by atoms with Gasteiger partial charge >= 0.3 is 0 Å². The van der Waals surface area contributed by atoms with Crippen molar-refractivity contribution in [1.82, 2.24) is 9.80 Å². The highest BCUT2D eigenvalue weighted by Crippen LogP contribution is 2.25. The van der Waals surface area contributed by atoms with E-state index in [4.69, 9.17) is 0 Å². The van der Waals surface area contributed by atoms with Gasteiger partial charge in [-0.1, -0.05) is 18.2 Å². The Morgan fingerprint density at radius 3 is 2.67 bits per heavy atom. The van der Waals surface area contributed by atoms with E-state index in [-0.39, 0.29) is 17.8 Å². The largest absolute Gasteiger partial charge is 0.336 e. The summed E-state index contributed by atoms with van der Waals surface area (Å²) in [5.74, 6) is -0.163. The number of hydrogen-bond donors (Lipinski definition) is 0. The average Bonchev–Trinajstić information content (AvgIpc) is 3.08. The van der Waals surface area contributed by atoms with Gasteiger partial charge in [0.15, 0.2) is 0 Å². The SMILES string of the molecule is C/C(=C\c1cccs1)C(=O)N1CCN(C)C(c2ccc(F)cc2)C1. The molecule has 1 aliphatic heterocycles. The number of carbonyl (C=O) groups is 1. The van der Waals surface area contributed by atoms with Crippen molar-refractivity contribution < 1.29 is 9.18 Å². The molecule has 0 bridgehead atoms. The molecule has 0 saturated carbocycles. The van der Waals surface area contributed by atoms with E-state index in [2.05, 4.69) is 4.90 Å². The molecular weight excluding hydrogens is 323 g/mol. The van der Waals surface area contributed by atoms with Gasteiger partial charge in [0.25, 0.3) is 0 Å². The van der Waals surface area contributed by atoms with Crippen LogP contribution >= 0.6 is 11.3 Å². The average molecular weight is 344 g/mol. The number of hydrogen-bond acceptors (Lipinski definition) is 3. The van der Waals surface area contributed by atoms with Crippen LogP contribution in [0.1, 0.15) is 23.4 Å². The monoisotopic (exact) mass is 344 g/mol. The van der Waals surface area contributed by atoms with Gasteiger partial charge in [0.05, 0.1) is 6.04 Å². The fourth-order valence-electron chi connectivity index (χ4n) is 3.00. The van der Waals surface area contributed by atoms with E-state index < -0.39 is 0 Å². The Bertz CT molecular complexity index is 724. The van der Waals surface area contributed by atoms with Crippen LogP contribution in [0, 0.1) is 5.82 Å². The summed E-state index contributed by atoms with van der Waals surface area (Å²) >= 11 is 1.62. The van der Waals surface area contributed by atoms with E-state index >= 15 is 0 Å². The van der Waals surface area contributed by atoms with E-state index in [1.54, 1.807) is 23.5 Å². The third-order valence-corrected chi connectivity index (χ3v) is 5.25. The summed E-state index contributed by atoms with van der Waals surface area (Å²) in [6.07, 6.45) is 1.94. The topological polar surface area (TPSA) is 23.6 Å². The van der Waals surface area contributed by atoms with Crippen molar-refractivity contribution in [1.29, 1.82) is 0 Å². The molecule has 24 heavy (non-hydrogen) atoms. The summed E-state index contributed by atoms with van der Waals surface area (Å²) in [6.45, 7) is 4.01. The molecule has 1 aliphatic rings. The third kappa shape index (κ3) is 3.74. The molecule has 1 saturated heterocycles. The number of thiophene rings is 1. The molecule has 0 N–H and O–H groups in total. The lowest BCUT2D eigenvalue weighted by atomic mass is 10.0. The van der Waals surface area contributed by atoms with Crippen LogP contribution in [0.2, 0.25) is 0 Å². The molecule has 1 amide bonds. The predicted molar refractivity (Wildman–Crippen MR) is 96.3 cm³/mol. The van der Waals surface area contributed by atoms with Crippen LogP contribution in [0.5, 0.6) is 0 Å². The van der Waals surface area contributed by atoms with Gasteiger partial charge in [-0.05, 0) is 49.2 Å². The predicted octanol–water partition coefficient (Wildman–Crippen LogP) is 3.81. The molecule has 1 unspecified atom stereocenters. The van der Waals surface area contributed by atoms with E-state index in [1.807, 2.05) is 42.5 Å². The highest BCUT2D eigenvalue weighted by molar-refractivity contribution is 7.10. The first-order valence-corrected chi connectivity index (χ1v) is 8.89. The Labute approximate surface area is 146 Å². The van der Waals surface area contributed by atoms with Crippen LogP contribution in [0.15, 0.2) is 47.4 Å². The Morgan fingerprint density at radius 1 is 1.25 bits per heavy atom. The van der Waals surface area contributed by atoms with Crippen LogP contribution in [-0.2, 0) is 4.79 Å². The minimum Gasteiger partial charge on any atom is -0.336 e. The van der Waals surface area contributed by atoms with Gasteiger partial charge < -0.3 is 4.90 Å². The van der Waals surface area contributed by atoms with Crippen LogP contribution in [0.4, 0.5) is 4.39 Å². The number of rotatable bonds is 3. The van der Waals surface area contributed by atoms with Crippen molar-refractivity contribution in [3.63, 3.8) is 0 Å². The van der Waals surface area contributed by atoms with Crippen molar-refractivity contribution in [2.45, 2.75) is 13.0 Å². The van der Waals surface area contributed by atoms with E-state index in [0.29, 0.717) is 13.1 Å². The quantitative estimate of drug-likeness (QED) is 0.791. The van der Waals surface area contributed by atoms with Crippen molar-refractivity contribution in [2.75, 3.05) is 26.7 Å². The molecule has 1 aromatic carbocycles. The van der Waals surface area contributed by atoms with Gasteiger partial charge in [0.1, 0.15) is 5.82 Å². The van der Waals surface area contributed by atoms with Crippen LogP contribution in [-0.4, -0.2) is 42.4 Å². The van der Waals surface area contributed by atoms with E-state index in [9.17, 15) is 9.18 Å². The summed E-state index contributed by atoms with van der Waals surface area (Å²) in [5, 5.41) is 2.00. The molecule has 2 aromatic rings. The van der Waals surface area contributed by atoms with Crippen molar-refractivity contribution in [3.05, 3.63) is 63.6 Å². The first kappa shape index (κ1) is 16.9. The second-order valence-electron chi connectivity index (χ2n) is 6.14. The Morgan fingerprint density at radius 2 is 2.00 bits per heavy atom. The minimum absolute atomic E-state index is 0.0728. The molecule has 0 aliphatic carbocycles. The Hall–Kier alpha value is -1.98. The number of halogens is 1.